The fourth-order valence-electron chi connectivity index (χ4n) is 2.37. The van der Waals surface area contributed by atoms with E-state index in [1.807, 2.05) is 27.1 Å². The van der Waals surface area contributed by atoms with Crippen molar-refractivity contribution >= 4 is 10.0 Å². The van der Waals surface area contributed by atoms with Crippen molar-refractivity contribution in [1.29, 1.82) is 0 Å². The van der Waals surface area contributed by atoms with Gasteiger partial charge in [0.05, 0.1) is 4.90 Å². The van der Waals surface area contributed by atoms with Crippen LogP contribution in [-0.4, -0.2) is 57.9 Å². The third-order valence-electron chi connectivity index (χ3n) is 3.79. The molecule has 0 unspecified atom stereocenters. The Morgan fingerprint density at radius 1 is 1.20 bits per heavy atom. The Balaban J connectivity index is 2.27. The van der Waals surface area contributed by atoms with E-state index >= 15 is 0 Å². The molecule has 0 bridgehead atoms. The maximum Gasteiger partial charge on any atom is 0.243 e. The number of hydrogen-bond acceptors (Lipinski definition) is 4. The van der Waals surface area contributed by atoms with Crippen molar-refractivity contribution in [2.24, 2.45) is 0 Å². The van der Waals surface area contributed by atoms with Crippen LogP contribution in [-0.2, 0) is 16.6 Å². The lowest BCUT2D eigenvalue weighted by Gasteiger charge is -2.31. The first kappa shape index (κ1) is 15.4. The summed E-state index contributed by atoms with van der Waals surface area (Å²) in [5, 5.41) is 3.07. The first-order valence-electron chi connectivity index (χ1n) is 6.88. The van der Waals surface area contributed by atoms with Crippen LogP contribution in [0.4, 0.5) is 0 Å². The summed E-state index contributed by atoms with van der Waals surface area (Å²) in [6.45, 7) is 5.38. The Bertz CT molecular complexity index is 564. The summed E-state index contributed by atoms with van der Waals surface area (Å²) in [6, 6.07) is 5.39. The zero-order valence-electron chi connectivity index (χ0n) is 12.4. The Morgan fingerprint density at radius 3 is 2.45 bits per heavy atom. The van der Waals surface area contributed by atoms with E-state index in [4.69, 9.17) is 0 Å². The maximum atomic E-state index is 12.6. The van der Waals surface area contributed by atoms with Gasteiger partial charge < -0.3 is 10.2 Å². The third kappa shape index (κ3) is 3.20. The molecule has 112 valence electrons. The summed E-state index contributed by atoms with van der Waals surface area (Å²) in [7, 11) is 0.513. The quantitative estimate of drug-likeness (QED) is 0.887. The summed E-state index contributed by atoms with van der Waals surface area (Å²) >= 11 is 0. The summed E-state index contributed by atoms with van der Waals surface area (Å²) in [4.78, 5) is 2.55. The van der Waals surface area contributed by atoms with Gasteiger partial charge in [0.25, 0.3) is 0 Å². The molecule has 2 rings (SSSR count). The molecule has 1 N–H and O–H groups in total. The molecule has 1 aromatic carbocycles. The van der Waals surface area contributed by atoms with Crippen molar-refractivity contribution < 1.29 is 8.42 Å². The highest BCUT2D eigenvalue weighted by Gasteiger charge is 2.27. The van der Waals surface area contributed by atoms with Crippen molar-refractivity contribution in [3.8, 4) is 0 Å². The van der Waals surface area contributed by atoms with Gasteiger partial charge in [-0.15, -0.1) is 0 Å². The lowest BCUT2D eigenvalue weighted by molar-refractivity contribution is 0.222. The number of aryl methyl sites for hydroxylation is 1. The van der Waals surface area contributed by atoms with Crippen molar-refractivity contribution in [3.05, 3.63) is 29.3 Å². The van der Waals surface area contributed by atoms with Crippen LogP contribution in [0, 0.1) is 6.92 Å². The Kier molecular flexibility index (Phi) is 4.80. The van der Waals surface area contributed by atoms with E-state index in [2.05, 4.69) is 10.2 Å². The van der Waals surface area contributed by atoms with Crippen LogP contribution in [0.1, 0.15) is 11.1 Å². The van der Waals surface area contributed by atoms with E-state index in [-0.39, 0.29) is 0 Å². The van der Waals surface area contributed by atoms with Crippen LogP contribution in [0.2, 0.25) is 0 Å². The van der Waals surface area contributed by atoms with Crippen molar-refractivity contribution in [1.82, 2.24) is 14.5 Å². The molecule has 5 nitrogen and oxygen atoms in total. The Morgan fingerprint density at radius 2 is 1.85 bits per heavy atom. The lowest BCUT2D eigenvalue weighted by atomic mass is 10.1. The van der Waals surface area contributed by atoms with Crippen LogP contribution < -0.4 is 5.32 Å². The minimum atomic E-state index is -3.36. The normalized spacial score (nSPS) is 18.4. The largest absolute Gasteiger partial charge is 0.316 e. The molecule has 0 aromatic heterocycles. The molecule has 1 aliphatic heterocycles. The predicted octanol–water partition coefficient (Wildman–Crippen LogP) is 0.651. The van der Waals surface area contributed by atoms with Gasteiger partial charge in [-0.25, -0.2) is 8.42 Å². The van der Waals surface area contributed by atoms with E-state index in [0.717, 1.165) is 24.2 Å². The van der Waals surface area contributed by atoms with Crippen LogP contribution >= 0.6 is 0 Å². The van der Waals surface area contributed by atoms with Crippen LogP contribution in [0.15, 0.2) is 23.1 Å². The SMILES string of the molecule is CNCc1cc(S(=O)(=O)N2CCN(C)CC2)ccc1C. The number of likely N-dealkylation sites (N-methyl/N-ethyl adjacent to an activating group) is 1. The molecule has 1 heterocycles. The van der Waals surface area contributed by atoms with Gasteiger partial charge in [0.1, 0.15) is 0 Å². The van der Waals surface area contributed by atoms with Gasteiger partial charge in [-0.3, -0.25) is 0 Å². The fourth-order valence-corrected chi connectivity index (χ4v) is 3.84. The molecule has 1 saturated heterocycles. The molecule has 0 saturated carbocycles. The maximum absolute atomic E-state index is 12.6. The van der Waals surface area contributed by atoms with E-state index in [1.54, 1.807) is 16.4 Å². The third-order valence-corrected chi connectivity index (χ3v) is 5.68. The molecule has 0 atom stereocenters. The number of piperazine rings is 1. The van der Waals surface area contributed by atoms with E-state index < -0.39 is 10.0 Å². The van der Waals surface area contributed by atoms with Gasteiger partial charge in [-0.05, 0) is 44.3 Å². The van der Waals surface area contributed by atoms with Gasteiger partial charge in [0.2, 0.25) is 10.0 Å². The molecule has 0 aliphatic carbocycles. The highest BCUT2D eigenvalue weighted by Crippen LogP contribution is 2.20. The Hall–Kier alpha value is -0.950. The molecule has 20 heavy (non-hydrogen) atoms. The van der Waals surface area contributed by atoms with Crippen molar-refractivity contribution in [2.75, 3.05) is 40.3 Å². The number of rotatable bonds is 4. The summed E-state index contributed by atoms with van der Waals surface area (Å²) in [5.41, 5.74) is 2.14. The highest BCUT2D eigenvalue weighted by molar-refractivity contribution is 7.89. The van der Waals surface area contributed by atoms with Crippen LogP contribution in [0.25, 0.3) is 0 Å². The van der Waals surface area contributed by atoms with Gasteiger partial charge in [0, 0.05) is 32.7 Å². The average Bonchev–Trinajstić information content (AvgIpc) is 2.42. The van der Waals surface area contributed by atoms with E-state index in [9.17, 15) is 8.42 Å². The standard InChI is InChI=1S/C14H23N3O2S/c1-12-4-5-14(10-13(12)11-15-2)20(18,19)17-8-6-16(3)7-9-17/h4-5,10,15H,6-9,11H2,1-3H3. The first-order chi connectivity index (χ1) is 9.45. The zero-order valence-corrected chi connectivity index (χ0v) is 13.2. The van der Waals surface area contributed by atoms with E-state index in [1.165, 1.54) is 0 Å². The number of nitrogens with zero attached hydrogens (tertiary/aromatic N) is 2. The Labute approximate surface area is 121 Å². The fraction of sp³-hybridized carbons (Fsp3) is 0.571. The molecule has 1 aromatic rings. The van der Waals surface area contributed by atoms with Crippen LogP contribution in [0.3, 0.4) is 0 Å². The minimum Gasteiger partial charge on any atom is -0.316 e. The van der Waals surface area contributed by atoms with Gasteiger partial charge in [-0.2, -0.15) is 4.31 Å². The smallest absolute Gasteiger partial charge is 0.243 e. The number of hydrogen-bond donors (Lipinski definition) is 1. The summed E-state index contributed by atoms with van der Waals surface area (Å²) in [5.74, 6) is 0. The second kappa shape index (κ2) is 6.22. The molecule has 0 radical (unpaired) electrons. The second-order valence-electron chi connectivity index (χ2n) is 5.33. The first-order valence-corrected chi connectivity index (χ1v) is 8.32. The van der Waals surface area contributed by atoms with Crippen LogP contribution in [0.5, 0.6) is 0 Å². The van der Waals surface area contributed by atoms with Gasteiger partial charge in [0.15, 0.2) is 0 Å². The zero-order chi connectivity index (χ0) is 14.8. The van der Waals surface area contributed by atoms with E-state index in [0.29, 0.717) is 24.5 Å². The lowest BCUT2D eigenvalue weighted by Crippen LogP contribution is -2.47. The summed E-state index contributed by atoms with van der Waals surface area (Å²) < 4.78 is 26.9. The van der Waals surface area contributed by atoms with Gasteiger partial charge >= 0.3 is 0 Å². The minimum absolute atomic E-state index is 0.401. The molecule has 1 aliphatic rings. The molecule has 6 heteroatoms. The number of benzene rings is 1. The topological polar surface area (TPSA) is 52.7 Å². The average molecular weight is 297 g/mol. The molecule has 0 spiro atoms. The van der Waals surface area contributed by atoms with Crippen molar-refractivity contribution in [3.63, 3.8) is 0 Å². The van der Waals surface area contributed by atoms with Gasteiger partial charge in [-0.1, -0.05) is 6.07 Å². The molecular weight excluding hydrogens is 274 g/mol. The molecule has 0 amide bonds. The molecule has 1 fully saturated rings. The molecular formula is C14H23N3O2S. The monoisotopic (exact) mass is 297 g/mol. The predicted molar refractivity (Wildman–Crippen MR) is 80.2 cm³/mol. The summed E-state index contributed by atoms with van der Waals surface area (Å²) in [6.07, 6.45) is 0. The number of nitrogens with one attached hydrogen (secondary N) is 1. The van der Waals surface area contributed by atoms with Crippen molar-refractivity contribution in [2.45, 2.75) is 18.4 Å². The number of sulfonamides is 1. The second-order valence-corrected chi connectivity index (χ2v) is 7.26. The highest BCUT2D eigenvalue weighted by atomic mass is 32.2.